The fraction of sp³-hybridized carbons (Fsp3) is 1.00. The van der Waals surface area contributed by atoms with E-state index in [1.54, 1.807) is 0 Å². The Morgan fingerprint density at radius 2 is 1.29 bits per heavy atom. The van der Waals surface area contributed by atoms with Crippen LogP contribution < -0.4 is 51.2 Å². The molecule has 1 rings (SSSR count). The van der Waals surface area contributed by atoms with E-state index in [9.17, 15) is 0 Å². The van der Waals surface area contributed by atoms with Gasteiger partial charge in [-0.25, -0.2) is 0 Å². The normalized spacial score (nSPS) is 13.5. The molecule has 0 saturated heterocycles. The van der Waals surface area contributed by atoms with Crippen LogP contribution in [0, 0.1) is 0 Å². The van der Waals surface area contributed by atoms with Crippen molar-refractivity contribution in [3.8, 4) is 0 Å². The predicted molar refractivity (Wildman–Crippen MR) is 63.9 cm³/mol. The van der Waals surface area contributed by atoms with Crippen LogP contribution in [-0.2, 0) is 4.57 Å². The molecule has 1 aliphatic rings. The SMILES string of the molecule is C1CCCC1.NCCNCCN.O=[P+]([O-])O.[Na+]. The molecule has 0 amide bonds. The van der Waals surface area contributed by atoms with E-state index in [4.69, 9.17) is 25.8 Å². The molecule has 1 atom stereocenters. The van der Waals surface area contributed by atoms with Crippen LogP contribution in [0.2, 0.25) is 0 Å². The van der Waals surface area contributed by atoms with Crippen molar-refractivity contribution in [2.75, 3.05) is 26.2 Å². The van der Waals surface area contributed by atoms with E-state index in [0.29, 0.717) is 13.1 Å². The van der Waals surface area contributed by atoms with E-state index < -0.39 is 8.25 Å². The van der Waals surface area contributed by atoms with E-state index in [-0.39, 0.29) is 29.6 Å². The monoisotopic (exact) mass is 276 g/mol. The van der Waals surface area contributed by atoms with Gasteiger partial charge < -0.3 is 21.7 Å². The van der Waals surface area contributed by atoms with Crippen molar-refractivity contribution in [1.82, 2.24) is 5.32 Å². The number of nitrogens with one attached hydrogen (secondary N) is 1. The van der Waals surface area contributed by atoms with Gasteiger partial charge in [0.25, 0.3) is 0 Å². The van der Waals surface area contributed by atoms with Crippen molar-refractivity contribution in [3.05, 3.63) is 0 Å². The Bertz CT molecular complexity index is 136. The molecule has 6 nitrogen and oxygen atoms in total. The smallest absolute Gasteiger partial charge is 0.567 e. The third-order valence-electron chi connectivity index (χ3n) is 1.89. The van der Waals surface area contributed by atoms with Crippen LogP contribution in [0.4, 0.5) is 0 Å². The molecule has 0 aromatic heterocycles. The third-order valence-corrected chi connectivity index (χ3v) is 1.89. The van der Waals surface area contributed by atoms with Gasteiger partial charge in [0.1, 0.15) is 0 Å². The van der Waals surface area contributed by atoms with Crippen LogP contribution in [-0.4, -0.2) is 31.1 Å². The summed E-state index contributed by atoms with van der Waals surface area (Å²) in [6.45, 7) is 3.13. The summed E-state index contributed by atoms with van der Waals surface area (Å²) in [5.74, 6) is 0. The standard InChI is InChI=1S/C5H10.C4H13N3.Na.HO3P/c1-2-4-5-3-1;5-1-3-7-4-2-6;;1-4(2)3/h1-5H2;7H,1-6H2;;(H,1,2,3)/q;;+1;. The summed E-state index contributed by atoms with van der Waals surface area (Å²) in [5.41, 5.74) is 10.3. The zero-order chi connectivity index (χ0) is 12.6. The van der Waals surface area contributed by atoms with Crippen LogP contribution >= 0.6 is 8.25 Å². The molecular formula is C9H24N3NaO3P+. The Morgan fingerprint density at radius 3 is 1.47 bits per heavy atom. The molecular weight excluding hydrogens is 252 g/mol. The molecule has 0 aliphatic heterocycles. The summed E-state index contributed by atoms with van der Waals surface area (Å²) >= 11 is 0. The second-order valence-corrected chi connectivity index (χ2v) is 3.81. The first-order chi connectivity index (χ1) is 7.65. The van der Waals surface area contributed by atoms with Crippen LogP contribution in [0.3, 0.4) is 0 Å². The van der Waals surface area contributed by atoms with Crippen LogP contribution in [0.5, 0.6) is 0 Å². The minimum atomic E-state index is -3.12. The van der Waals surface area contributed by atoms with E-state index in [1.165, 1.54) is 32.1 Å². The number of rotatable bonds is 4. The Labute approximate surface area is 127 Å². The predicted octanol–water partition coefficient (Wildman–Crippen LogP) is -3.56. The van der Waals surface area contributed by atoms with Crippen LogP contribution in [0.1, 0.15) is 32.1 Å². The molecule has 8 heteroatoms. The third kappa shape index (κ3) is 38.3. The second-order valence-electron chi connectivity index (χ2n) is 3.33. The second kappa shape index (κ2) is 22.1. The molecule has 98 valence electrons. The number of nitrogens with two attached hydrogens (primary N) is 2. The molecule has 0 aromatic rings. The maximum Gasteiger partial charge on any atom is 1.00 e. The van der Waals surface area contributed by atoms with Gasteiger partial charge in [-0.1, -0.05) is 32.1 Å². The molecule has 0 bridgehead atoms. The van der Waals surface area contributed by atoms with Gasteiger partial charge in [0.15, 0.2) is 0 Å². The summed E-state index contributed by atoms with van der Waals surface area (Å²) in [5, 5.41) is 3.03. The summed E-state index contributed by atoms with van der Waals surface area (Å²) in [4.78, 5) is 15.6. The Balaban J connectivity index is -0.000000175. The van der Waals surface area contributed by atoms with Gasteiger partial charge in [-0.05, 0) is 4.57 Å². The van der Waals surface area contributed by atoms with Crippen molar-refractivity contribution < 1.29 is 43.9 Å². The molecule has 17 heavy (non-hydrogen) atoms. The minimum Gasteiger partial charge on any atom is -0.567 e. The molecule has 6 N–H and O–H groups in total. The van der Waals surface area contributed by atoms with Gasteiger partial charge >= 0.3 is 37.8 Å². The first kappa shape index (κ1) is 23.0. The molecule has 1 fully saturated rings. The minimum absolute atomic E-state index is 0. The van der Waals surface area contributed by atoms with E-state index in [2.05, 4.69) is 5.32 Å². The first-order valence-electron chi connectivity index (χ1n) is 5.59. The fourth-order valence-corrected chi connectivity index (χ4v) is 1.21. The Kier molecular flexibility index (Phi) is 30.0. The van der Waals surface area contributed by atoms with Crippen molar-refractivity contribution in [2.45, 2.75) is 32.1 Å². The molecule has 0 aromatic carbocycles. The van der Waals surface area contributed by atoms with E-state index in [0.717, 1.165) is 13.1 Å². The van der Waals surface area contributed by atoms with Crippen molar-refractivity contribution in [2.24, 2.45) is 11.5 Å². The average Bonchev–Trinajstić information content (AvgIpc) is 2.75. The number of hydrogen-bond donors (Lipinski definition) is 4. The summed E-state index contributed by atoms with van der Waals surface area (Å²) in [6, 6.07) is 0. The fourth-order valence-electron chi connectivity index (χ4n) is 1.21. The Hall–Kier alpha value is 0.900. The van der Waals surface area contributed by atoms with Crippen LogP contribution in [0.15, 0.2) is 0 Å². The maximum atomic E-state index is 8.59. The molecule has 1 saturated carbocycles. The van der Waals surface area contributed by atoms with Gasteiger partial charge in [-0.15, -0.1) is 0 Å². The van der Waals surface area contributed by atoms with E-state index >= 15 is 0 Å². The van der Waals surface area contributed by atoms with Crippen molar-refractivity contribution in [1.29, 1.82) is 0 Å². The quantitative estimate of drug-likeness (QED) is 0.239. The zero-order valence-electron chi connectivity index (χ0n) is 10.7. The summed E-state index contributed by atoms with van der Waals surface area (Å²) in [7, 11) is -3.12. The summed E-state index contributed by atoms with van der Waals surface area (Å²) in [6.07, 6.45) is 7.50. The van der Waals surface area contributed by atoms with Gasteiger partial charge in [-0.3, -0.25) is 0 Å². The molecule has 0 spiro atoms. The number of hydrogen-bond acceptors (Lipinski definition) is 5. The molecule has 1 aliphatic carbocycles. The zero-order valence-corrected chi connectivity index (χ0v) is 13.6. The van der Waals surface area contributed by atoms with Gasteiger partial charge in [0.2, 0.25) is 0 Å². The molecule has 0 radical (unpaired) electrons. The Morgan fingerprint density at radius 1 is 1.06 bits per heavy atom. The first-order valence-corrected chi connectivity index (χ1v) is 6.72. The maximum absolute atomic E-state index is 8.59. The van der Waals surface area contributed by atoms with Gasteiger partial charge in [0.05, 0.1) is 0 Å². The van der Waals surface area contributed by atoms with Gasteiger partial charge in [0, 0.05) is 26.2 Å². The van der Waals surface area contributed by atoms with E-state index in [1.807, 2.05) is 0 Å². The van der Waals surface area contributed by atoms with Crippen molar-refractivity contribution >= 4 is 8.25 Å². The van der Waals surface area contributed by atoms with Crippen LogP contribution in [0.25, 0.3) is 0 Å². The average molecular weight is 276 g/mol. The van der Waals surface area contributed by atoms with Crippen molar-refractivity contribution in [3.63, 3.8) is 0 Å². The van der Waals surface area contributed by atoms with Gasteiger partial charge in [-0.2, -0.15) is 4.89 Å². The largest absolute Gasteiger partial charge is 1.00 e. The topological polar surface area (TPSA) is 124 Å². The summed E-state index contributed by atoms with van der Waals surface area (Å²) < 4.78 is 8.59. The molecule has 0 heterocycles. The molecule has 1 unspecified atom stereocenters.